The van der Waals surface area contributed by atoms with Crippen LogP contribution in [0.1, 0.15) is 48.5 Å². The van der Waals surface area contributed by atoms with E-state index in [1.807, 2.05) is 60.5 Å². The van der Waals surface area contributed by atoms with Crippen molar-refractivity contribution in [2.45, 2.75) is 48.5 Å². The maximum absolute atomic E-state index is 11.3. The van der Waals surface area contributed by atoms with Crippen molar-refractivity contribution in [3.05, 3.63) is 0 Å². The largest absolute Gasteiger partial charge is 0.299 e. The van der Waals surface area contributed by atoms with Crippen LogP contribution in [0.15, 0.2) is 0 Å². The molecular weight excluding hydrogens is 262 g/mol. The molecule has 0 aliphatic rings. The summed E-state index contributed by atoms with van der Waals surface area (Å²) in [5, 5.41) is 0. The molecule has 0 aromatic rings. The lowest BCUT2D eigenvalue weighted by atomic mass is 9.91. The molecule has 0 unspecified atom stereocenters. The van der Waals surface area contributed by atoms with Crippen LogP contribution in [0.25, 0.3) is 0 Å². The van der Waals surface area contributed by atoms with Crippen molar-refractivity contribution in [2.75, 3.05) is 20.6 Å². The minimum absolute atomic E-state index is 0.00403. The molecule has 3 heteroatoms. The summed E-state index contributed by atoms with van der Waals surface area (Å²) in [6.07, 6.45) is 0. The molecule has 0 aromatic carbocycles. The first-order valence-corrected chi connectivity index (χ1v) is 6.97. The van der Waals surface area contributed by atoms with Crippen LogP contribution in [0.2, 0.25) is 0 Å². The standard InChI is InChI=1S/C10H17NO.C8H12O/c1-10(2,3)9(12)7-6-8-11(4)5;1-5-6-7(9)8(2,3)4/h8H2,1-5H3;1-4H3. The predicted molar refractivity (Wildman–Crippen MR) is 88.7 cm³/mol. The van der Waals surface area contributed by atoms with E-state index in [1.165, 1.54) is 0 Å². The zero-order chi connectivity index (χ0) is 17.3. The lowest BCUT2D eigenvalue weighted by Crippen LogP contribution is -2.18. The molecule has 0 heterocycles. The van der Waals surface area contributed by atoms with Gasteiger partial charge in [-0.3, -0.25) is 14.5 Å². The molecule has 0 saturated carbocycles. The van der Waals surface area contributed by atoms with Crippen molar-refractivity contribution in [3.63, 3.8) is 0 Å². The van der Waals surface area contributed by atoms with E-state index in [-0.39, 0.29) is 22.4 Å². The van der Waals surface area contributed by atoms with Gasteiger partial charge in [0.2, 0.25) is 11.6 Å². The molecule has 0 rings (SSSR count). The van der Waals surface area contributed by atoms with Crippen LogP contribution in [0.4, 0.5) is 0 Å². The average molecular weight is 291 g/mol. The second kappa shape index (κ2) is 9.37. The molecule has 0 spiro atoms. The number of ketones is 2. The lowest BCUT2D eigenvalue weighted by molar-refractivity contribution is -0.121. The molecule has 3 nitrogen and oxygen atoms in total. The first kappa shape index (κ1) is 21.7. The number of hydrogen-bond donors (Lipinski definition) is 0. The van der Waals surface area contributed by atoms with Crippen LogP contribution >= 0.6 is 0 Å². The SMILES string of the molecule is CC#CC(=O)C(C)(C)C.CN(C)CC#CC(=O)C(C)(C)C. The molecule has 0 bridgehead atoms. The van der Waals surface area contributed by atoms with Gasteiger partial charge in [-0.2, -0.15) is 0 Å². The number of carbonyl (C=O) groups excluding carboxylic acids is 2. The van der Waals surface area contributed by atoms with Gasteiger partial charge in [0.15, 0.2) is 0 Å². The van der Waals surface area contributed by atoms with Crippen molar-refractivity contribution < 1.29 is 9.59 Å². The zero-order valence-corrected chi connectivity index (χ0v) is 15.0. The third-order valence-electron chi connectivity index (χ3n) is 2.20. The molecule has 0 radical (unpaired) electrons. The molecule has 0 fully saturated rings. The second-order valence-corrected chi connectivity index (χ2v) is 7.07. The smallest absolute Gasteiger partial charge is 0.210 e. The van der Waals surface area contributed by atoms with Crippen molar-refractivity contribution in [2.24, 2.45) is 10.8 Å². The van der Waals surface area contributed by atoms with Crippen molar-refractivity contribution >= 4 is 11.6 Å². The molecule has 0 aliphatic heterocycles. The summed E-state index contributed by atoms with van der Waals surface area (Å²) in [5.74, 6) is 10.5. The minimum Gasteiger partial charge on any atom is -0.299 e. The van der Waals surface area contributed by atoms with Crippen LogP contribution < -0.4 is 0 Å². The Morgan fingerprint density at radius 1 is 0.857 bits per heavy atom. The van der Waals surface area contributed by atoms with Crippen LogP contribution in [0.5, 0.6) is 0 Å². The van der Waals surface area contributed by atoms with Gasteiger partial charge in [-0.1, -0.05) is 53.4 Å². The second-order valence-electron chi connectivity index (χ2n) is 7.07. The quantitative estimate of drug-likeness (QED) is 0.551. The summed E-state index contributed by atoms with van der Waals surface area (Å²) in [6.45, 7) is 13.5. The molecule has 0 N–H and O–H groups in total. The maximum atomic E-state index is 11.3. The molecule has 118 valence electrons. The Hall–Kier alpha value is -1.58. The van der Waals surface area contributed by atoms with Gasteiger partial charge in [-0.15, -0.1) is 0 Å². The zero-order valence-electron chi connectivity index (χ0n) is 15.0. The van der Waals surface area contributed by atoms with Gasteiger partial charge in [-0.05, 0) is 32.9 Å². The summed E-state index contributed by atoms with van der Waals surface area (Å²) in [6, 6.07) is 0. The number of nitrogens with zero attached hydrogens (tertiary/aromatic N) is 1. The normalized spacial score (nSPS) is 10.4. The number of carbonyl (C=O) groups is 2. The van der Waals surface area contributed by atoms with Crippen LogP contribution in [0.3, 0.4) is 0 Å². The first-order chi connectivity index (χ1) is 9.32. The van der Waals surface area contributed by atoms with Gasteiger partial charge < -0.3 is 0 Å². The monoisotopic (exact) mass is 291 g/mol. The van der Waals surface area contributed by atoms with Gasteiger partial charge in [0.1, 0.15) is 0 Å². The van der Waals surface area contributed by atoms with Crippen molar-refractivity contribution in [1.82, 2.24) is 4.90 Å². The fourth-order valence-corrected chi connectivity index (χ4v) is 0.766. The summed E-state index contributed by atoms with van der Waals surface area (Å²) in [7, 11) is 3.85. The van der Waals surface area contributed by atoms with E-state index in [0.717, 1.165) is 0 Å². The molecule has 0 amide bonds. The van der Waals surface area contributed by atoms with Crippen molar-refractivity contribution in [3.8, 4) is 23.7 Å². The maximum Gasteiger partial charge on any atom is 0.210 e. The summed E-state index contributed by atoms with van der Waals surface area (Å²) < 4.78 is 0. The number of Topliss-reactive ketones (excluding diaryl/α,β-unsaturated/α-hetero) is 2. The summed E-state index contributed by atoms with van der Waals surface area (Å²) >= 11 is 0. The Morgan fingerprint density at radius 2 is 1.24 bits per heavy atom. The molecule has 21 heavy (non-hydrogen) atoms. The van der Waals surface area contributed by atoms with E-state index in [9.17, 15) is 9.59 Å². The Morgan fingerprint density at radius 3 is 1.48 bits per heavy atom. The summed E-state index contributed by atoms with van der Waals surface area (Å²) in [4.78, 5) is 24.1. The first-order valence-electron chi connectivity index (χ1n) is 6.97. The highest BCUT2D eigenvalue weighted by Crippen LogP contribution is 2.13. The lowest BCUT2D eigenvalue weighted by Gasteiger charge is -2.11. The molecule has 0 atom stereocenters. The molecular formula is C18H29NO2. The van der Waals surface area contributed by atoms with E-state index < -0.39 is 0 Å². The fourth-order valence-electron chi connectivity index (χ4n) is 0.766. The summed E-state index contributed by atoms with van der Waals surface area (Å²) in [5.41, 5.74) is -0.637. The Kier molecular flexibility index (Phi) is 9.69. The highest BCUT2D eigenvalue weighted by molar-refractivity contribution is 5.99. The fraction of sp³-hybridized carbons (Fsp3) is 0.667. The van der Waals surface area contributed by atoms with Crippen LogP contribution in [-0.2, 0) is 9.59 Å². The van der Waals surface area contributed by atoms with Gasteiger partial charge in [0.25, 0.3) is 0 Å². The molecule has 0 saturated heterocycles. The number of hydrogen-bond acceptors (Lipinski definition) is 3. The molecule has 0 aliphatic carbocycles. The highest BCUT2D eigenvalue weighted by atomic mass is 16.1. The van der Waals surface area contributed by atoms with Crippen LogP contribution in [0, 0.1) is 34.5 Å². The van der Waals surface area contributed by atoms with Gasteiger partial charge in [-0.25, -0.2) is 0 Å². The van der Waals surface area contributed by atoms with E-state index in [0.29, 0.717) is 6.54 Å². The highest BCUT2D eigenvalue weighted by Gasteiger charge is 2.18. The third kappa shape index (κ3) is 13.2. The Bertz CT molecular complexity index is 466. The van der Waals surface area contributed by atoms with Crippen LogP contribution in [-0.4, -0.2) is 37.1 Å². The van der Waals surface area contributed by atoms with E-state index in [2.05, 4.69) is 23.7 Å². The van der Waals surface area contributed by atoms with E-state index >= 15 is 0 Å². The Balaban J connectivity index is 0. The number of rotatable bonds is 1. The van der Waals surface area contributed by atoms with Crippen molar-refractivity contribution in [1.29, 1.82) is 0 Å². The van der Waals surface area contributed by atoms with Gasteiger partial charge in [0.05, 0.1) is 6.54 Å². The van der Waals surface area contributed by atoms with E-state index in [1.54, 1.807) is 6.92 Å². The molecule has 0 aromatic heterocycles. The third-order valence-corrected chi connectivity index (χ3v) is 2.20. The minimum atomic E-state index is -0.334. The van der Waals surface area contributed by atoms with Gasteiger partial charge in [0, 0.05) is 10.8 Å². The topological polar surface area (TPSA) is 37.4 Å². The van der Waals surface area contributed by atoms with Gasteiger partial charge >= 0.3 is 0 Å². The predicted octanol–water partition coefficient (Wildman–Crippen LogP) is 2.79. The average Bonchev–Trinajstić information content (AvgIpc) is 2.27. The Labute approximate surface area is 130 Å². The van der Waals surface area contributed by atoms with E-state index in [4.69, 9.17) is 0 Å².